The Kier molecular flexibility index (Phi) is 7.21. The zero-order chi connectivity index (χ0) is 22.7. The molecule has 0 N–H and O–H groups in total. The third kappa shape index (κ3) is 5.02. The summed E-state index contributed by atoms with van der Waals surface area (Å²) in [6.07, 6.45) is 6.05. The first-order chi connectivity index (χ1) is 15.4. The van der Waals surface area contributed by atoms with Gasteiger partial charge in [-0.1, -0.05) is 24.2 Å². The molecule has 174 valence electrons. The number of piperidine rings is 2. The van der Waals surface area contributed by atoms with E-state index in [1.54, 1.807) is 28.6 Å². The summed E-state index contributed by atoms with van der Waals surface area (Å²) in [7, 11) is -3.54. The van der Waals surface area contributed by atoms with Gasteiger partial charge in [0.1, 0.15) is 0 Å². The van der Waals surface area contributed by atoms with E-state index in [1.165, 1.54) is 11.8 Å². The van der Waals surface area contributed by atoms with Gasteiger partial charge in [0.2, 0.25) is 21.8 Å². The van der Waals surface area contributed by atoms with Crippen molar-refractivity contribution in [3.8, 4) is 11.5 Å². The van der Waals surface area contributed by atoms with Crippen molar-refractivity contribution in [1.29, 1.82) is 0 Å². The van der Waals surface area contributed by atoms with E-state index < -0.39 is 10.0 Å². The number of hydrogen-bond donors (Lipinski definition) is 0. The minimum absolute atomic E-state index is 0.0732. The molecule has 2 atom stereocenters. The molecule has 0 spiro atoms. The normalized spacial score (nSPS) is 22.8. The molecule has 4 rings (SSSR count). The molecule has 0 bridgehead atoms. The van der Waals surface area contributed by atoms with Crippen molar-refractivity contribution in [2.24, 2.45) is 0 Å². The number of thioether (sulfide) groups is 1. The highest BCUT2D eigenvalue weighted by Gasteiger charge is 2.29. The van der Waals surface area contributed by atoms with Crippen LogP contribution in [0.25, 0.3) is 11.5 Å². The molecule has 0 unspecified atom stereocenters. The van der Waals surface area contributed by atoms with E-state index in [0.29, 0.717) is 23.9 Å². The van der Waals surface area contributed by atoms with Crippen LogP contribution in [-0.4, -0.2) is 64.7 Å². The molecule has 8 nitrogen and oxygen atoms in total. The third-order valence-electron chi connectivity index (χ3n) is 6.24. The van der Waals surface area contributed by atoms with Gasteiger partial charge in [-0.25, -0.2) is 8.42 Å². The number of aromatic nitrogens is 2. The van der Waals surface area contributed by atoms with Crippen LogP contribution in [0.15, 0.2) is 38.8 Å². The van der Waals surface area contributed by atoms with E-state index in [9.17, 15) is 13.2 Å². The predicted molar refractivity (Wildman–Crippen MR) is 123 cm³/mol. The number of carbonyl (C=O) groups excluding carboxylic acids is 1. The summed E-state index contributed by atoms with van der Waals surface area (Å²) in [6, 6.07) is 7.10. The highest BCUT2D eigenvalue weighted by Crippen LogP contribution is 2.28. The van der Waals surface area contributed by atoms with Gasteiger partial charge in [0.05, 0.1) is 10.6 Å². The van der Waals surface area contributed by atoms with Crippen LogP contribution in [0.5, 0.6) is 0 Å². The second kappa shape index (κ2) is 9.93. The van der Waals surface area contributed by atoms with Crippen LogP contribution in [0.1, 0.15) is 52.4 Å². The topological polar surface area (TPSA) is 96.6 Å². The van der Waals surface area contributed by atoms with Gasteiger partial charge in [-0.15, -0.1) is 10.2 Å². The molecule has 2 fully saturated rings. The predicted octanol–water partition coefficient (Wildman–Crippen LogP) is 3.79. The van der Waals surface area contributed by atoms with Gasteiger partial charge < -0.3 is 9.32 Å². The summed E-state index contributed by atoms with van der Waals surface area (Å²) in [6.45, 7) is 5.29. The third-order valence-corrected chi connectivity index (χ3v) is 8.94. The molecule has 1 aromatic carbocycles. The van der Waals surface area contributed by atoms with Gasteiger partial charge in [0.15, 0.2) is 0 Å². The molecule has 2 aromatic rings. The van der Waals surface area contributed by atoms with E-state index in [4.69, 9.17) is 4.42 Å². The zero-order valence-corrected chi connectivity index (χ0v) is 20.2. The average Bonchev–Trinajstić information content (AvgIpc) is 3.27. The number of rotatable bonds is 6. The Morgan fingerprint density at radius 3 is 2.53 bits per heavy atom. The largest absolute Gasteiger partial charge is 0.411 e. The number of nitrogens with zero attached hydrogens (tertiary/aromatic N) is 4. The number of carbonyl (C=O) groups is 1. The van der Waals surface area contributed by atoms with Crippen LogP contribution in [0.4, 0.5) is 0 Å². The lowest BCUT2D eigenvalue weighted by Gasteiger charge is -2.39. The molecular weight excluding hydrogens is 448 g/mol. The molecule has 3 heterocycles. The van der Waals surface area contributed by atoms with Crippen LogP contribution < -0.4 is 0 Å². The van der Waals surface area contributed by atoms with Gasteiger partial charge in [-0.05, 0) is 64.2 Å². The summed E-state index contributed by atoms with van der Waals surface area (Å²) in [5, 5.41) is 8.42. The van der Waals surface area contributed by atoms with Crippen molar-refractivity contribution in [1.82, 2.24) is 19.4 Å². The van der Waals surface area contributed by atoms with Gasteiger partial charge in [0.25, 0.3) is 5.22 Å². The molecule has 0 radical (unpaired) electrons. The Morgan fingerprint density at radius 2 is 1.81 bits per heavy atom. The zero-order valence-electron chi connectivity index (χ0n) is 18.6. The fraction of sp³-hybridized carbons (Fsp3) is 0.591. The fourth-order valence-electron chi connectivity index (χ4n) is 4.54. The van der Waals surface area contributed by atoms with Crippen molar-refractivity contribution in [2.45, 2.75) is 74.6 Å². The molecule has 2 aliphatic rings. The SMILES string of the molecule is C[C@@H]1CCC[C@H](C)N1C(=O)CSc1nnc(-c2cccc(S(=O)(=O)N3CCCCC3)c2)o1. The number of benzene rings is 1. The van der Waals surface area contributed by atoms with Crippen molar-refractivity contribution >= 4 is 27.7 Å². The second-order valence-electron chi connectivity index (χ2n) is 8.58. The molecule has 1 aromatic heterocycles. The lowest BCUT2D eigenvalue weighted by molar-refractivity contribution is -0.134. The maximum atomic E-state index is 13.0. The molecule has 32 heavy (non-hydrogen) atoms. The van der Waals surface area contributed by atoms with Crippen LogP contribution in [0.2, 0.25) is 0 Å². The maximum Gasteiger partial charge on any atom is 0.277 e. The Balaban J connectivity index is 1.43. The molecule has 0 aliphatic carbocycles. The monoisotopic (exact) mass is 478 g/mol. The Bertz CT molecular complexity index is 1040. The van der Waals surface area contributed by atoms with E-state index >= 15 is 0 Å². The van der Waals surface area contributed by atoms with Crippen LogP contribution in [-0.2, 0) is 14.8 Å². The van der Waals surface area contributed by atoms with Crippen molar-refractivity contribution in [3.05, 3.63) is 24.3 Å². The van der Waals surface area contributed by atoms with E-state index in [1.807, 2.05) is 4.90 Å². The molecular formula is C22H30N4O4S2. The van der Waals surface area contributed by atoms with Gasteiger partial charge in [-0.3, -0.25) is 4.79 Å². The second-order valence-corrected chi connectivity index (χ2v) is 11.4. The first-order valence-corrected chi connectivity index (χ1v) is 13.7. The van der Waals surface area contributed by atoms with Crippen LogP contribution in [0.3, 0.4) is 0 Å². The van der Waals surface area contributed by atoms with Crippen molar-refractivity contribution in [2.75, 3.05) is 18.8 Å². The smallest absolute Gasteiger partial charge is 0.277 e. The van der Waals surface area contributed by atoms with Gasteiger partial charge >= 0.3 is 0 Å². The standard InChI is InChI=1S/C22H30N4O4S2/c1-16-8-6-9-17(2)26(16)20(27)15-31-22-24-23-21(30-22)18-10-7-11-19(14-18)32(28,29)25-12-4-3-5-13-25/h7,10-11,14,16-17H,3-6,8-9,12-13,15H2,1-2H3/t16-,17+. The lowest BCUT2D eigenvalue weighted by Crippen LogP contribution is -2.48. The highest BCUT2D eigenvalue weighted by atomic mass is 32.2. The Hall–Kier alpha value is -1.91. The summed E-state index contributed by atoms with van der Waals surface area (Å²) in [5.74, 6) is 0.555. The van der Waals surface area contributed by atoms with Crippen LogP contribution in [0, 0.1) is 0 Å². The highest BCUT2D eigenvalue weighted by molar-refractivity contribution is 7.99. The summed E-state index contributed by atoms with van der Waals surface area (Å²) < 4.78 is 33.2. The lowest BCUT2D eigenvalue weighted by atomic mass is 9.98. The molecule has 10 heteroatoms. The first-order valence-electron chi connectivity index (χ1n) is 11.2. The van der Waals surface area contributed by atoms with E-state index in [0.717, 1.165) is 38.5 Å². The van der Waals surface area contributed by atoms with Gasteiger partial charge in [0, 0.05) is 30.7 Å². The molecule has 2 saturated heterocycles. The minimum Gasteiger partial charge on any atom is -0.411 e. The summed E-state index contributed by atoms with van der Waals surface area (Å²) >= 11 is 1.22. The quantitative estimate of drug-likeness (QED) is 0.583. The number of hydrogen-bond acceptors (Lipinski definition) is 7. The molecule has 1 amide bonds. The number of likely N-dealkylation sites (tertiary alicyclic amines) is 1. The van der Waals surface area contributed by atoms with Gasteiger partial charge in [-0.2, -0.15) is 4.31 Å². The Labute approximate surface area is 193 Å². The summed E-state index contributed by atoms with van der Waals surface area (Å²) in [5.41, 5.74) is 0.548. The van der Waals surface area contributed by atoms with E-state index in [-0.39, 0.29) is 34.5 Å². The number of amides is 1. The van der Waals surface area contributed by atoms with E-state index in [2.05, 4.69) is 24.0 Å². The summed E-state index contributed by atoms with van der Waals surface area (Å²) in [4.78, 5) is 14.9. The Morgan fingerprint density at radius 1 is 1.09 bits per heavy atom. The fourth-order valence-corrected chi connectivity index (χ4v) is 6.74. The van der Waals surface area contributed by atoms with Crippen LogP contribution >= 0.6 is 11.8 Å². The maximum absolute atomic E-state index is 13.0. The van der Waals surface area contributed by atoms with Crippen molar-refractivity contribution in [3.63, 3.8) is 0 Å². The average molecular weight is 479 g/mol. The minimum atomic E-state index is -3.54. The number of sulfonamides is 1. The van der Waals surface area contributed by atoms with Crippen molar-refractivity contribution < 1.29 is 17.6 Å². The molecule has 2 aliphatic heterocycles. The first kappa shape index (κ1) is 23.3. The molecule has 0 saturated carbocycles.